The SMILES string of the molecule is CSCCC(NC(=O)CCc1ccc(C)c(Cl)c1)C(=O)O. The molecular weight excluding hydrogens is 310 g/mol. The van der Waals surface area contributed by atoms with Crippen molar-refractivity contribution in [2.24, 2.45) is 0 Å². The van der Waals surface area contributed by atoms with Crippen LogP contribution in [0, 0.1) is 6.92 Å². The summed E-state index contributed by atoms with van der Waals surface area (Å²) in [7, 11) is 0. The van der Waals surface area contributed by atoms with Gasteiger partial charge in [0.25, 0.3) is 0 Å². The van der Waals surface area contributed by atoms with Gasteiger partial charge in [0.1, 0.15) is 6.04 Å². The molecule has 1 amide bonds. The molecule has 116 valence electrons. The van der Waals surface area contributed by atoms with Crippen LogP contribution in [0.3, 0.4) is 0 Å². The number of carbonyl (C=O) groups is 2. The number of amides is 1. The second kappa shape index (κ2) is 8.95. The van der Waals surface area contributed by atoms with E-state index in [0.29, 0.717) is 23.6 Å². The lowest BCUT2D eigenvalue weighted by molar-refractivity contribution is -0.141. The lowest BCUT2D eigenvalue weighted by Crippen LogP contribution is -2.41. The average Bonchev–Trinajstić information content (AvgIpc) is 2.44. The molecule has 0 aromatic heterocycles. The summed E-state index contributed by atoms with van der Waals surface area (Å²) in [6.07, 6.45) is 3.13. The Bertz CT molecular complexity index is 508. The van der Waals surface area contributed by atoms with E-state index in [0.717, 1.165) is 11.1 Å². The Hall–Kier alpha value is -1.20. The number of thioether (sulfide) groups is 1. The first-order valence-corrected chi connectivity index (χ1v) is 8.47. The molecule has 2 N–H and O–H groups in total. The minimum atomic E-state index is -0.990. The highest BCUT2D eigenvalue weighted by Gasteiger charge is 2.19. The van der Waals surface area contributed by atoms with Crippen molar-refractivity contribution in [3.63, 3.8) is 0 Å². The second-order valence-corrected chi connectivity index (χ2v) is 6.22. The summed E-state index contributed by atoms with van der Waals surface area (Å²) in [5.41, 5.74) is 1.96. The fourth-order valence-electron chi connectivity index (χ4n) is 1.81. The Kier molecular flexibility index (Phi) is 7.61. The van der Waals surface area contributed by atoms with E-state index >= 15 is 0 Å². The summed E-state index contributed by atoms with van der Waals surface area (Å²) in [5.74, 6) is -0.541. The van der Waals surface area contributed by atoms with Crippen LogP contribution >= 0.6 is 23.4 Å². The number of rotatable bonds is 8. The number of aliphatic carboxylic acids is 1. The Morgan fingerprint density at radius 2 is 2.14 bits per heavy atom. The molecule has 6 heteroatoms. The number of hydrogen-bond acceptors (Lipinski definition) is 3. The Labute approximate surface area is 134 Å². The first kappa shape index (κ1) is 17.9. The number of hydrogen-bond donors (Lipinski definition) is 2. The van der Waals surface area contributed by atoms with Crippen LogP contribution < -0.4 is 5.32 Å². The molecule has 0 heterocycles. The van der Waals surface area contributed by atoms with Crippen molar-refractivity contribution in [3.05, 3.63) is 34.3 Å². The van der Waals surface area contributed by atoms with Gasteiger partial charge in [-0.2, -0.15) is 11.8 Å². The van der Waals surface area contributed by atoms with Gasteiger partial charge in [-0.3, -0.25) is 4.79 Å². The average molecular weight is 330 g/mol. The van der Waals surface area contributed by atoms with Crippen LogP contribution in [0.4, 0.5) is 0 Å². The molecular formula is C15H20ClNO3S. The fourth-order valence-corrected chi connectivity index (χ4v) is 2.48. The van der Waals surface area contributed by atoms with Gasteiger partial charge in [-0.1, -0.05) is 23.7 Å². The zero-order valence-electron chi connectivity index (χ0n) is 12.2. The van der Waals surface area contributed by atoms with Crippen molar-refractivity contribution in [3.8, 4) is 0 Å². The van der Waals surface area contributed by atoms with E-state index in [-0.39, 0.29) is 12.3 Å². The number of benzene rings is 1. The predicted octanol–water partition coefficient (Wildman–Crippen LogP) is 2.90. The number of halogens is 1. The smallest absolute Gasteiger partial charge is 0.326 e. The van der Waals surface area contributed by atoms with Gasteiger partial charge in [-0.05, 0) is 49.0 Å². The van der Waals surface area contributed by atoms with Gasteiger partial charge in [0.2, 0.25) is 5.91 Å². The summed E-state index contributed by atoms with van der Waals surface area (Å²) < 4.78 is 0. The zero-order chi connectivity index (χ0) is 15.8. The molecule has 4 nitrogen and oxygen atoms in total. The van der Waals surface area contributed by atoms with Crippen LogP contribution in [0.25, 0.3) is 0 Å². The van der Waals surface area contributed by atoms with Crippen LogP contribution in [0.15, 0.2) is 18.2 Å². The van der Waals surface area contributed by atoms with Gasteiger partial charge in [-0.25, -0.2) is 4.79 Å². The van der Waals surface area contributed by atoms with Gasteiger partial charge < -0.3 is 10.4 Å². The Morgan fingerprint density at radius 1 is 1.43 bits per heavy atom. The minimum Gasteiger partial charge on any atom is -0.480 e. The van der Waals surface area contributed by atoms with Crippen LogP contribution in [-0.2, 0) is 16.0 Å². The standard InChI is InChI=1S/C15H20ClNO3S/c1-10-3-4-11(9-12(10)16)5-6-14(18)17-13(15(19)20)7-8-21-2/h3-4,9,13H,5-8H2,1-2H3,(H,17,18)(H,19,20). The first-order chi connectivity index (χ1) is 9.93. The van der Waals surface area contributed by atoms with Crippen molar-refractivity contribution in [1.82, 2.24) is 5.32 Å². The quantitative estimate of drug-likeness (QED) is 0.769. The lowest BCUT2D eigenvalue weighted by Gasteiger charge is -2.14. The first-order valence-electron chi connectivity index (χ1n) is 6.70. The third-order valence-corrected chi connectivity index (χ3v) is 4.17. The molecule has 0 saturated carbocycles. The number of carboxylic acid groups (broad SMARTS) is 1. The van der Waals surface area contributed by atoms with Crippen LogP contribution in [-0.4, -0.2) is 35.0 Å². The summed E-state index contributed by atoms with van der Waals surface area (Å²) in [4.78, 5) is 22.9. The topological polar surface area (TPSA) is 66.4 Å². The number of carboxylic acids is 1. The number of aryl methyl sites for hydroxylation is 2. The van der Waals surface area contributed by atoms with E-state index < -0.39 is 12.0 Å². The molecule has 0 aliphatic rings. The minimum absolute atomic E-state index is 0.250. The summed E-state index contributed by atoms with van der Waals surface area (Å²) in [6.45, 7) is 1.92. The van der Waals surface area contributed by atoms with E-state index in [1.54, 1.807) is 11.8 Å². The molecule has 0 aliphatic carbocycles. The summed E-state index contributed by atoms with van der Waals surface area (Å²) in [5, 5.41) is 12.3. The molecule has 0 radical (unpaired) electrons. The van der Waals surface area contributed by atoms with Gasteiger partial charge in [0.05, 0.1) is 0 Å². The van der Waals surface area contributed by atoms with E-state index in [9.17, 15) is 9.59 Å². The van der Waals surface area contributed by atoms with Crippen molar-refractivity contribution < 1.29 is 14.7 Å². The molecule has 1 aromatic rings. The monoisotopic (exact) mass is 329 g/mol. The second-order valence-electron chi connectivity index (χ2n) is 4.82. The molecule has 0 fully saturated rings. The van der Waals surface area contributed by atoms with Crippen molar-refractivity contribution in [1.29, 1.82) is 0 Å². The molecule has 1 rings (SSSR count). The molecule has 1 atom stereocenters. The zero-order valence-corrected chi connectivity index (χ0v) is 13.8. The van der Waals surface area contributed by atoms with Crippen molar-refractivity contribution in [2.75, 3.05) is 12.0 Å². The lowest BCUT2D eigenvalue weighted by atomic mass is 10.1. The fraction of sp³-hybridized carbons (Fsp3) is 0.467. The van der Waals surface area contributed by atoms with Crippen molar-refractivity contribution >= 4 is 35.2 Å². The number of carbonyl (C=O) groups excluding carboxylic acids is 1. The Morgan fingerprint density at radius 3 is 2.71 bits per heavy atom. The van der Waals surface area contributed by atoms with Gasteiger partial charge in [0, 0.05) is 11.4 Å². The largest absolute Gasteiger partial charge is 0.480 e. The summed E-state index contributed by atoms with van der Waals surface area (Å²) in [6, 6.07) is 4.86. The van der Waals surface area contributed by atoms with E-state index in [1.807, 2.05) is 31.4 Å². The van der Waals surface area contributed by atoms with Gasteiger partial charge in [0.15, 0.2) is 0 Å². The molecule has 1 unspecified atom stereocenters. The summed E-state index contributed by atoms with van der Waals surface area (Å²) >= 11 is 7.59. The molecule has 0 aliphatic heterocycles. The highest BCUT2D eigenvalue weighted by Crippen LogP contribution is 2.17. The molecule has 0 bridgehead atoms. The highest BCUT2D eigenvalue weighted by molar-refractivity contribution is 7.98. The number of nitrogens with one attached hydrogen (secondary N) is 1. The predicted molar refractivity (Wildman–Crippen MR) is 87.1 cm³/mol. The van der Waals surface area contributed by atoms with E-state index in [2.05, 4.69) is 5.32 Å². The third kappa shape index (κ3) is 6.40. The molecule has 21 heavy (non-hydrogen) atoms. The normalized spacial score (nSPS) is 12.0. The maximum Gasteiger partial charge on any atom is 0.326 e. The third-order valence-electron chi connectivity index (χ3n) is 3.12. The Balaban J connectivity index is 2.48. The van der Waals surface area contributed by atoms with E-state index in [4.69, 9.17) is 16.7 Å². The highest BCUT2D eigenvalue weighted by atomic mass is 35.5. The van der Waals surface area contributed by atoms with Gasteiger partial charge >= 0.3 is 5.97 Å². The molecule has 0 saturated heterocycles. The molecule has 1 aromatic carbocycles. The van der Waals surface area contributed by atoms with Crippen LogP contribution in [0.1, 0.15) is 24.0 Å². The van der Waals surface area contributed by atoms with E-state index in [1.165, 1.54) is 0 Å². The van der Waals surface area contributed by atoms with Crippen molar-refractivity contribution in [2.45, 2.75) is 32.2 Å². The van der Waals surface area contributed by atoms with Crippen LogP contribution in [0.2, 0.25) is 5.02 Å². The molecule has 0 spiro atoms. The maximum absolute atomic E-state index is 11.8. The maximum atomic E-state index is 11.8. The van der Waals surface area contributed by atoms with Crippen LogP contribution in [0.5, 0.6) is 0 Å². The van der Waals surface area contributed by atoms with Gasteiger partial charge in [-0.15, -0.1) is 0 Å².